The third-order valence-corrected chi connectivity index (χ3v) is 3.46. The first-order chi connectivity index (χ1) is 12.2. The molecular weight excluding hydrogens is 321 g/mol. The molecule has 2 N–H and O–H groups in total. The summed E-state index contributed by atoms with van der Waals surface area (Å²) in [4.78, 5) is 24.3. The molecule has 6 nitrogen and oxygen atoms in total. The summed E-state index contributed by atoms with van der Waals surface area (Å²) >= 11 is 0. The van der Waals surface area contributed by atoms with Gasteiger partial charge in [-0.3, -0.25) is 9.78 Å². The van der Waals surface area contributed by atoms with E-state index >= 15 is 0 Å². The Bertz CT molecular complexity index is 840. The third kappa shape index (κ3) is 4.81. The number of rotatable bonds is 6. The van der Waals surface area contributed by atoms with Crippen molar-refractivity contribution in [2.75, 3.05) is 5.32 Å². The number of halogens is 1. The predicted molar refractivity (Wildman–Crippen MR) is 91.2 cm³/mol. The fourth-order valence-electron chi connectivity index (χ4n) is 2.15. The molecule has 126 valence electrons. The van der Waals surface area contributed by atoms with Crippen LogP contribution in [0.15, 0.2) is 61.2 Å². The lowest BCUT2D eigenvalue weighted by Gasteiger charge is -2.08. The molecule has 0 saturated heterocycles. The largest absolute Gasteiger partial charge is 0.366 e. The molecule has 0 bridgehead atoms. The van der Waals surface area contributed by atoms with Gasteiger partial charge in [0.25, 0.3) is 5.91 Å². The zero-order valence-corrected chi connectivity index (χ0v) is 13.3. The normalized spacial score (nSPS) is 10.3. The lowest BCUT2D eigenvalue weighted by molar-refractivity contribution is 0.0946. The van der Waals surface area contributed by atoms with Gasteiger partial charge >= 0.3 is 0 Å². The molecule has 0 aliphatic rings. The van der Waals surface area contributed by atoms with Gasteiger partial charge in [0, 0.05) is 31.5 Å². The lowest BCUT2D eigenvalue weighted by Crippen LogP contribution is -2.24. The van der Waals surface area contributed by atoms with Gasteiger partial charge in [0.2, 0.25) is 0 Å². The van der Waals surface area contributed by atoms with Crippen molar-refractivity contribution in [3.05, 3.63) is 83.8 Å². The highest BCUT2D eigenvalue weighted by atomic mass is 19.1. The maximum Gasteiger partial charge on any atom is 0.270 e. The van der Waals surface area contributed by atoms with Crippen LogP contribution < -0.4 is 10.6 Å². The molecule has 1 aromatic carbocycles. The summed E-state index contributed by atoms with van der Waals surface area (Å²) < 4.78 is 12.9. The number of nitrogens with zero attached hydrogens (tertiary/aromatic N) is 3. The number of anilines is 1. The smallest absolute Gasteiger partial charge is 0.270 e. The molecule has 2 aromatic heterocycles. The first-order valence-electron chi connectivity index (χ1n) is 7.68. The van der Waals surface area contributed by atoms with Gasteiger partial charge in [0.15, 0.2) is 0 Å². The predicted octanol–water partition coefficient (Wildman–Crippen LogP) is 2.55. The zero-order chi connectivity index (χ0) is 17.5. The Hall–Kier alpha value is -3.35. The second-order valence-corrected chi connectivity index (χ2v) is 5.31. The monoisotopic (exact) mass is 337 g/mol. The lowest BCUT2D eigenvalue weighted by atomic mass is 10.2. The molecule has 1 amide bonds. The van der Waals surface area contributed by atoms with Crippen molar-refractivity contribution in [2.45, 2.75) is 13.1 Å². The van der Waals surface area contributed by atoms with Gasteiger partial charge in [0.1, 0.15) is 23.7 Å². The summed E-state index contributed by atoms with van der Waals surface area (Å²) in [7, 11) is 0. The molecule has 0 aliphatic carbocycles. The molecule has 2 heterocycles. The minimum absolute atomic E-state index is 0.255. The van der Waals surface area contributed by atoms with Crippen molar-refractivity contribution in [2.24, 2.45) is 0 Å². The van der Waals surface area contributed by atoms with E-state index in [2.05, 4.69) is 25.6 Å². The van der Waals surface area contributed by atoms with Crippen LogP contribution in [-0.2, 0) is 13.1 Å². The highest BCUT2D eigenvalue weighted by Gasteiger charge is 2.08. The minimum atomic E-state index is -0.323. The molecule has 3 aromatic rings. The number of carbonyl (C=O) groups excluding carboxylic acids is 1. The van der Waals surface area contributed by atoms with E-state index < -0.39 is 0 Å². The summed E-state index contributed by atoms with van der Waals surface area (Å²) in [5.41, 5.74) is 2.06. The Morgan fingerprint density at radius 1 is 1.04 bits per heavy atom. The van der Waals surface area contributed by atoms with E-state index in [-0.39, 0.29) is 17.4 Å². The molecular formula is C18H16FN5O. The van der Waals surface area contributed by atoms with E-state index in [1.54, 1.807) is 30.6 Å². The Morgan fingerprint density at radius 3 is 2.64 bits per heavy atom. The van der Waals surface area contributed by atoms with Crippen molar-refractivity contribution in [1.82, 2.24) is 20.3 Å². The average molecular weight is 337 g/mol. The minimum Gasteiger partial charge on any atom is -0.366 e. The molecule has 0 unspecified atom stereocenters. The van der Waals surface area contributed by atoms with Gasteiger partial charge in [-0.25, -0.2) is 14.4 Å². The maximum absolute atomic E-state index is 12.9. The molecule has 0 radical (unpaired) electrons. The number of hydrogen-bond donors (Lipinski definition) is 2. The van der Waals surface area contributed by atoms with Crippen molar-refractivity contribution in [3.8, 4) is 0 Å². The fraction of sp³-hybridized carbons (Fsp3) is 0.111. The Labute approximate surface area is 144 Å². The molecule has 0 aliphatic heterocycles. The fourth-order valence-corrected chi connectivity index (χ4v) is 2.15. The number of amides is 1. The van der Waals surface area contributed by atoms with E-state index in [1.807, 2.05) is 12.1 Å². The van der Waals surface area contributed by atoms with Crippen LogP contribution >= 0.6 is 0 Å². The number of nitrogens with one attached hydrogen (secondary N) is 2. The summed E-state index contributed by atoms with van der Waals surface area (Å²) in [6.45, 7) is 0.836. The Balaban J connectivity index is 1.58. The summed E-state index contributed by atoms with van der Waals surface area (Å²) in [6, 6.07) is 11.3. The molecule has 0 fully saturated rings. The number of carbonyl (C=O) groups is 1. The Morgan fingerprint density at radius 2 is 1.88 bits per heavy atom. The second-order valence-electron chi connectivity index (χ2n) is 5.31. The molecule has 3 rings (SSSR count). The molecule has 0 atom stereocenters. The second kappa shape index (κ2) is 7.96. The van der Waals surface area contributed by atoms with Crippen molar-refractivity contribution in [3.63, 3.8) is 0 Å². The number of aromatic nitrogens is 3. The highest BCUT2D eigenvalue weighted by molar-refractivity contribution is 5.92. The first kappa shape index (κ1) is 16.5. The van der Waals surface area contributed by atoms with E-state index in [1.165, 1.54) is 18.5 Å². The number of benzene rings is 1. The van der Waals surface area contributed by atoms with Gasteiger partial charge in [-0.2, -0.15) is 0 Å². The van der Waals surface area contributed by atoms with Crippen molar-refractivity contribution in [1.29, 1.82) is 0 Å². The average Bonchev–Trinajstić information content (AvgIpc) is 2.67. The van der Waals surface area contributed by atoms with E-state index in [9.17, 15) is 9.18 Å². The van der Waals surface area contributed by atoms with Crippen molar-refractivity contribution >= 4 is 11.7 Å². The standard InChI is InChI=1S/C18H16FN5O/c19-15-5-3-13(4-6-15)10-22-18(25)16-8-17(24-12-23-16)21-11-14-2-1-7-20-9-14/h1-9,12H,10-11H2,(H,22,25)(H,21,23,24). The summed E-state index contributed by atoms with van der Waals surface area (Å²) in [6.07, 6.45) is 4.79. The van der Waals surface area contributed by atoms with Gasteiger partial charge in [0.05, 0.1) is 0 Å². The maximum atomic E-state index is 12.9. The first-order valence-corrected chi connectivity index (χ1v) is 7.68. The molecule has 7 heteroatoms. The SMILES string of the molecule is O=C(NCc1ccc(F)cc1)c1cc(NCc2cccnc2)ncn1. The Kier molecular flexibility index (Phi) is 5.26. The van der Waals surface area contributed by atoms with Crippen LogP contribution in [0.25, 0.3) is 0 Å². The van der Waals surface area contributed by atoms with Crippen LogP contribution in [0.5, 0.6) is 0 Å². The van der Waals surface area contributed by atoms with Gasteiger partial charge in [-0.1, -0.05) is 18.2 Å². The van der Waals surface area contributed by atoms with Crippen LogP contribution in [0.4, 0.5) is 10.2 Å². The van der Waals surface area contributed by atoms with Crippen LogP contribution in [0, 0.1) is 5.82 Å². The van der Waals surface area contributed by atoms with Gasteiger partial charge in [-0.05, 0) is 29.3 Å². The topological polar surface area (TPSA) is 79.8 Å². The molecule has 0 spiro atoms. The molecule has 25 heavy (non-hydrogen) atoms. The highest BCUT2D eigenvalue weighted by Crippen LogP contribution is 2.07. The van der Waals surface area contributed by atoms with Gasteiger partial charge < -0.3 is 10.6 Å². The van der Waals surface area contributed by atoms with Crippen LogP contribution in [-0.4, -0.2) is 20.9 Å². The van der Waals surface area contributed by atoms with E-state index in [0.717, 1.165) is 11.1 Å². The third-order valence-electron chi connectivity index (χ3n) is 3.46. The summed E-state index contributed by atoms with van der Waals surface area (Å²) in [5, 5.41) is 5.87. The zero-order valence-electron chi connectivity index (χ0n) is 13.3. The van der Waals surface area contributed by atoms with Crippen LogP contribution in [0.3, 0.4) is 0 Å². The van der Waals surface area contributed by atoms with Crippen molar-refractivity contribution < 1.29 is 9.18 Å². The number of hydrogen-bond acceptors (Lipinski definition) is 5. The number of pyridine rings is 1. The van der Waals surface area contributed by atoms with E-state index in [0.29, 0.717) is 18.9 Å². The molecule has 0 saturated carbocycles. The van der Waals surface area contributed by atoms with Gasteiger partial charge in [-0.15, -0.1) is 0 Å². The van der Waals surface area contributed by atoms with Crippen LogP contribution in [0.1, 0.15) is 21.6 Å². The summed E-state index contributed by atoms with van der Waals surface area (Å²) in [5.74, 6) is -0.0860. The van der Waals surface area contributed by atoms with Crippen LogP contribution in [0.2, 0.25) is 0 Å². The van der Waals surface area contributed by atoms with E-state index in [4.69, 9.17) is 0 Å². The quantitative estimate of drug-likeness (QED) is 0.723.